The predicted octanol–water partition coefficient (Wildman–Crippen LogP) is 2.31. The van der Waals surface area contributed by atoms with Crippen LogP contribution in [0.2, 0.25) is 0 Å². The summed E-state index contributed by atoms with van der Waals surface area (Å²) in [5, 5.41) is 12.4. The maximum atomic E-state index is 11.7. The highest BCUT2D eigenvalue weighted by molar-refractivity contribution is 5.76. The Morgan fingerprint density at radius 2 is 1.89 bits per heavy atom. The van der Waals surface area contributed by atoms with E-state index in [1.165, 1.54) is 0 Å². The van der Waals surface area contributed by atoms with Crippen LogP contribution in [0.25, 0.3) is 0 Å². The Morgan fingerprint density at radius 3 is 2.47 bits per heavy atom. The van der Waals surface area contributed by atoms with Crippen LogP contribution in [-0.2, 0) is 4.79 Å². The number of esters is 1. The SMILES string of the molecule is CCCCCNC(O)C(=O)Oc1cc(C)cc(C)c1. The van der Waals surface area contributed by atoms with Gasteiger partial charge in [0.05, 0.1) is 0 Å². The summed E-state index contributed by atoms with van der Waals surface area (Å²) in [6.45, 7) is 6.58. The van der Waals surface area contributed by atoms with Crippen molar-refractivity contribution in [3.8, 4) is 5.75 Å². The lowest BCUT2D eigenvalue weighted by Gasteiger charge is -2.12. The number of hydrogen-bond acceptors (Lipinski definition) is 4. The van der Waals surface area contributed by atoms with Crippen LogP contribution in [0.4, 0.5) is 0 Å². The van der Waals surface area contributed by atoms with Crippen LogP contribution in [0, 0.1) is 13.8 Å². The average molecular weight is 265 g/mol. The fourth-order valence-corrected chi connectivity index (χ4v) is 1.86. The molecule has 106 valence electrons. The third-order valence-corrected chi connectivity index (χ3v) is 2.75. The minimum absolute atomic E-state index is 0.469. The van der Waals surface area contributed by atoms with Gasteiger partial charge in [-0.3, -0.25) is 5.32 Å². The van der Waals surface area contributed by atoms with Gasteiger partial charge >= 0.3 is 5.97 Å². The number of rotatable bonds is 7. The van der Waals surface area contributed by atoms with Crippen molar-refractivity contribution in [1.29, 1.82) is 0 Å². The molecular weight excluding hydrogens is 242 g/mol. The molecule has 0 aliphatic rings. The van der Waals surface area contributed by atoms with Gasteiger partial charge in [0.1, 0.15) is 5.75 Å². The zero-order valence-electron chi connectivity index (χ0n) is 11.9. The number of ether oxygens (including phenoxy) is 1. The van der Waals surface area contributed by atoms with E-state index in [0.29, 0.717) is 12.3 Å². The number of aryl methyl sites for hydroxylation is 2. The van der Waals surface area contributed by atoms with Gasteiger partial charge in [-0.25, -0.2) is 4.79 Å². The quantitative estimate of drug-likeness (QED) is 0.344. The van der Waals surface area contributed by atoms with Crippen LogP contribution in [0.3, 0.4) is 0 Å². The van der Waals surface area contributed by atoms with E-state index < -0.39 is 12.2 Å². The normalized spacial score (nSPS) is 12.2. The van der Waals surface area contributed by atoms with Gasteiger partial charge in [-0.15, -0.1) is 0 Å². The van der Waals surface area contributed by atoms with Crippen LogP contribution >= 0.6 is 0 Å². The second-order valence-corrected chi connectivity index (χ2v) is 4.81. The second kappa shape index (κ2) is 7.92. The zero-order chi connectivity index (χ0) is 14.3. The Balaban J connectivity index is 2.44. The number of carbonyl (C=O) groups excluding carboxylic acids is 1. The summed E-state index contributed by atoms with van der Waals surface area (Å²) < 4.78 is 5.14. The van der Waals surface area contributed by atoms with Crippen LogP contribution in [0.5, 0.6) is 5.75 Å². The van der Waals surface area contributed by atoms with E-state index in [1.54, 1.807) is 12.1 Å². The smallest absolute Gasteiger partial charge is 0.355 e. The van der Waals surface area contributed by atoms with Crippen molar-refractivity contribution in [2.45, 2.75) is 46.3 Å². The lowest BCUT2D eigenvalue weighted by atomic mass is 10.1. The summed E-state index contributed by atoms with van der Waals surface area (Å²) in [6, 6.07) is 5.54. The summed E-state index contributed by atoms with van der Waals surface area (Å²) in [5.41, 5.74) is 2.04. The van der Waals surface area contributed by atoms with Gasteiger partial charge in [0.15, 0.2) is 0 Å². The lowest BCUT2D eigenvalue weighted by molar-refractivity contribution is -0.145. The molecule has 0 aliphatic carbocycles. The second-order valence-electron chi connectivity index (χ2n) is 4.81. The van der Waals surface area contributed by atoms with Crippen LogP contribution in [0.1, 0.15) is 37.3 Å². The van der Waals surface area contributed by atoms with Gasteiger partial charge in [-0.05, 0) is 50.1 Å². The molecule has 19 heavy (non-hydrogen) atoms. The topological polar surface area (TPSA) is 58.6 Å². The molecule has 2 N–H and O–H groups in total. The molecule has 4 nitrogen and oxygen atoms in total. The largest absolute Gasteiger partial charge is 0.424 e. The molecule has 4 heteroatoms. The predicted molar refractivity (Wildman–Crippen MR) is 75.1 cm³/mol. The van der Waals surface area contributed by atoms with Crippen molar-refractivity contribution in [2.24, 2.45) is 0 Å². The number of aliphatic hydroxyl groups excluding tert-OH is 1. The molecule has 0 amide bonds. The third-order valence-electron chi connectivity index (χ3n) is 2.75. The summed E-state index contributed by atoms with van der Waals surface area (Å²) >= 11 is 0. The van der Waals surface area contributed by atoms with E-state index in [9.17, 15) is 9.90 Å². The fraction of sp³-hybridized carbons (Fsp3) is 0.533. The molecule has 0 heterocycles. The number of hydrogen-bond donors (Lipinski definition) is 2. The van der Waals surface area contributed by atoms with Crippen LogP contribution in [0.15, 0.2) is 18.2 Å². The van der Waals surface area contributed by atoms with Gasteiger partial charge in [0, 0.05) is 0 Å². The average Bonchev–Trinajstić information content (AvgIpc) is 2.33. The van der Waals surface area contributed by atoms with E-state index in [-0.39, 0.29) is 0 Å². The highest BCUT2D eigenvalue weighted by Gasteiger charge is 2.16. The summed E-state index contributed by atoms with van der Waals surface area (Å²) in [4.78, 5) is 11.7. The molecule has 0 saturated carbocycles. The van der Waals surface area contributed by atoms with Gasteiger partial charge in [0.2, 0.25) is 6.23 Å². The van der Waals surface area contributed by atoms with Crippen molar-refractivity contribution < 1.29 is 14.6 Å². The van der Waals surface area contributed by atoms with Gasteiger partial charge < -0.3 is 9.84 Å². The van der Waals surface area contributed by atoms with Gasteiger partial charge in [0.25, 0.3) is 0 Å². The molecule has 0 radical (unpaired) electrons. The van der Waals surface area contributed by atoms with Gasteiger partial charge in [-0.2, -0.15) is 0 Å². The first-order valence-electron chi connectivity index (χ1n) is 6.74. The van der Waals surface area contributed by atoms with E-state index in [2.05, 4.69) is 12.2 Å². The number of carbonyl (C=O) groups is 1. The minimum Gasteiger partial charge on any atom is -0.424 e. The molecule has 1 rings (SSSR count). The number of benzene rings is 1. The van der Waals surface area contributed by atoms with E-state index in [0.717, 1.165) is 30.4 Å². The highest BCUT2D eigenvalue weighted by atomic mass is 16.6. The Labute approximate surface area is 114 Å². The Hall–Kier alpha value is -1.39. The number of aliphatic hydroxyl groups is 1. The van der Waals surface area contributed by atoms with E-state index in [1.807, 2.05) is 19.9 Å². The monoisotopic (exact) mass is 265 g/mol. The van der Waals surface area contributed by atoms with Gasteiger partial charge in [-0.1, -0.05) is 25.8 Å². The molecule has 0 fully saturated rings. The Morgan fingerprint density at radius 1 is 1.26 bits per heavy atom. The maximum Gasteiger partial charge on any atom is 0.355 e. The first kappa shape index (κ1) is 15.7. The molecule has 0 bridgehead atoms. The van der Waals surface area contributed by atoms with E-state index in [4.69, 9.17) is 4.74 Å². The van der Waals surface area contributed by atoms with Crippen molar-refractivity contribution >= 4 is 5.97 Å². The molecular formula is C15H23NO3. The van der Waals surface area contributed by atoms with Crippen molar-refractivity contribution in [3.05, 3.63) is 29.3 Å². The molecule has 0 saturated heterocycles. The number of unbranched alkanes of at least 4 members (excludes halogenated alkanes) is 2. The first-order chi connectivity index (χ1) is 9.02. The lowest BCUT2D eigenvalue weighted by Crippen LogP contribution is -2.39. The third kappa shape index (κ3) is 5.85. The standard InChI is InChI=1S/C15H23NO3/c1-4-5-6-7-16-14(17)15(18)19-13-9-11(2)8-12(3)10-13/h8-10,14,16-17H,4-7H2,1-3H3. The number of nitrogens with one attached hydrogen (secondary N) is 1. The summed E-state index contributed by atoms with van der Waals surface area (Å²) in [7, 11) is 0. The molecule has 0 aromatic heterocycles. The Kier molecular flexibility index (Phi) is 6.53. The molecule has 0 aliphatic heterocycles. The maximum absolute atomic E-state index is 11.7. The summed E-state index contributed by atoms with van der Waals surface area (Å²) in [6.07, 6.45) is 1.85. The van der Waals surface area contributed by atoms with Crippen molar-refractivity contribution in [1.82, 2.24) is 5.32 Å². The first-order valence-corrected chi connectivity index (χ1v) is 6.74. The van der Waals surface area contributed by atoms with Crippen molar-refractivity contribution in [2.75, 3.05) is 6.54 Å². The molecule has 1 unspecified atom stereocenters. The molecule has 1 atom stereocenters. The van der Waals surface area contributed by atoms with Crippen LogP contribution < -0.4 is 10.1 Å². The summed E-state index contributed by atoms with van der Waals surface area (Å²) in [5.74, 6) is -0.196. The van der Waals surface area contributed by atoms with Crippen LogP contribution in [-0.4, -0.2) is 23.8 Å². The molecule has 1 aromatic carbocycles. The van der Waals surface area contributed by atoms with Crippen molar-refractivity contribution in [3.63, 3.8) is 0 Å². The Bertz CT molecular complexity index is 398. The van der Waals surface area contributed by atoms with E-state index >= 15 is 0 Å². The molecule has 1 aromatic rings. The highest BCUT2D eigenvalue weighted by Crippen LogP contribution is 2.16. The zero-order valence-corrected chi connectivity index (χ0v) is 11.9. The minimum atomic E-state index is -1.27. The molecule has 0 spiro atoms. The fourth-order valence-electron chi connectivity index (χ4n) is 1.86.